The first kappa shape index (κ1) is 12.9. The fourth-order valence-corrected chi connectivity index (χ4v) is 1.65. The number of halogens is 4. The second-order valence-electron chi connectivity index (χ2n) is 3.34. The second-order valence-corrected chi connectivity index (χ2v) is 4.25. The van der Waals surface area contributed by atoms with E-state index in [0.717, 1.165) is 0 Å². The summed E-state index contributed by atoms with van der Waals surface area (Å²) in [7, 11) is 0. The first-order chi connectivity index (χ1) is 8.35. The van der Waals surface area contributed by atoms with Crippen molar-refractivity contribution in [2.24, 2.45) is 0 Å². The van der Waals surface area contributed by atoms with Crippen LogP contribution in [-0.2, 0) is 0 Å². The number of aryl methyl sites for hydroxylation is 1. The number of benzene rings is 1. The highest BCUT2D eigenvalue weighted by atomic mass is 79.9. The SMILES string of the molecule is Cc1noc(-c2cc(Br)ccc2OC(F)(F)F)n1. The Morgan fingerprint density at radius 2 is 2.06 bits per heavy atom. The average Bonchev–Trinajstić information content (AvgIpc) is 2.65. The van der Waals surface area contributed by atoms with Crippen LogP contribution in [0.1, 0.15) is 5.82 Å². The third-order valence-electron chi connectivity index (χ3n) is 1.93. The number of rotatable bonds is 2. The fraction of sp³-hybridized carbons (Fsp3) is 0.200. The summed E-state index contributed by atoms with van der Waals surface area (Å²) in [4.78, 5) is 3.87. The fourth-order valence-electron chi connectivity index (χ4n) is 1.29. The van der Waals surface area contributed by atoms with Crippen molar-refractivity contribution in [2.45, 2.75) is 13.3 Å². The maximum atomic E-state index is 12.2. The molecule has 0 aliphatic heterocycles. The number of alkyl halides is 3. The second kappa shape index (κ2) is 4.60. The molecule has 2 rings (SSSR count). The van der Waals surface area contributed by atoms with Crippen LogP contribution in [0.15, 0.2) is 27.2 Å². The van der Waals surface area contributed by atoms with Crippen LogP contribution in [-0.4, -0.2) is 16.5 Å². The Bertz CT molecular complexity index is 568. The van der Waals surface area contributed by atoms with E-state index < -0.39 is 12.1 Å². The minimum atomic E-state index is -4.78. The van der Waals surface area contributed by atoms with Crippen LogP contribution < -0.4 is 4.74 Å². The highest BCUT2D eigenvalue weighted by molar-refractivity contribution is 9.10. The van der Waals surface area contributed by atoms with E-state index in [4.69, 9.17) is 4.52 Å². The molecule has 1 aromatic heterocycles. The quantitative estimate of drug-likeness (QED) is 0.845. The van der Waals surface area contributed by atoms with Crippen LogP contribution in [0, 0.1) is 6.92 Å². The van der Waals surface area contributed by atoms with E-state index in [0.29, 0.717) is 10.3 Å². The minimum Gasteiger partial charge on any atom is -0.405 e. The van der Waals surface area contributed by atoms with Crippen molar-refractivity contribution >= 4 is 15.9 Å². The van der Waals surface area contributed by atoms with Gasteiger partial charge in [-0.2, -0.15) is 4.98 Å². The van der Waals surface area contributed by atoms with E-state index in [9.17, 15) is 13.2 Å². The molecule has 0 bridgehead atoms. The molecule has 0 saturated carbocycles. The summed E-state index contributed by atoms with van der Waals surface area (Å²) in [6.45, 7) is 1.56. The molecule has 4 nitrogen and oxygen atoms in total. The van der Waals surface area contributed by atoms with Gasteiger partial charge < -0.3 is 9.26 Å². The number of hydrogen-bond acceptors (Lipinski definition) is 4. The third kappa shape index (κ3) is 3.00. The van der Waals surface area contributed by atoms with Crippen molar-refractivity contribution in [3.63, 3.8) is 0 Å². The Balaban J connectivity index is 2.47. The smallest absolute Gasteiger partial charge is 0.405 e. The van der Waals surface area contributed by atoms with Crippen molar-refractivity contribution < 1.29 is 22.4 Å². The zero-order valence-corrected chi connectivity index (χ0v) is 10.5. The van der Waals surface area contributed by atoms with Gasteiger partial charge in [0.1, 0.15) is 5.75 Å². The van der Waals surface area contributed by atoms with Gasteiger partial charge in [0.05, 0.1) is 5.56 Å². The van der Waals surface area contributed by atoms with Gasteiger partial charge >= 0.3 is 6.36 Å². The lowest BCUT2D eigenvalue weighted by Crippen LogP contribution is -2.17. The van der Waals surface area contributed by atoms with Crippen LogP contribution in [0.5, 0.6) is 5.75 Å². The van der Waals surface area contributed by atoms with Crippen LogP contribution in [0.3, 0.4) is 0 Å². The predicted molar refractivity (Wildman–Crippen MR) is 58.9 cm³/mol. The molecule has 0 atom stereocenters. The first-order valence-electron chi connectivity index (χ1n) is 4.71. The minimum absolute atomic E-state index is 0.0342. The summed E-state index contributed by atoms with van der Waals surface area (Å²) < 4.78 is 46.0. The van der Waals surface area contributed by atoms with Gasteiger partial charge in [0.15, 0.2) is 5.82 Å². The van der Waals surface area contributed by atoms with Gasteiger partial charge in [0, 0.05) is 4.47 Å². The molecule has 0 aliphatic rings. The molecule has 0 fully saturated rings. The summed E-state index contributed by atoms with van der Waals surface area (Å²) in [5.41, 5.74) is 0.0716. The maximum absolute atomic E-state index is 12.2. The van der Waals surface area contributed by atoms with E-state index in [1.165, 1.54) is 18.2 Å². The van der Waals surface area contributed by atoms with Crippen molar-refractivity contribution in [3.05, 3.63) is 28.5 Å². The lowest BCUT2D eigenvalue weighted by molar-refractivity contribution is -0.274. The highest BCUT2D eigenvalue weighted by Gasteiger charge is 2.33. The van der Waals surface area contributed by atoms with Gasteiger partial charge in [-0.1, -0.05) is 21.1 Å². The molecule has 96 valence electrons. The average molecular weight is 323 g/mol. The Hall–Kier alpha value is -1.57. The Morgan fingerprint density at radius 1 is 1.33 bits per heavy atom. The van der Waals surface area contributed by atoms with Crippen LogP contribution >= 0.6 is 15.9 Å². The monoisotopic (exact) mass is 322 g/mol. The van der Waals surface area contributed by atoms with E-state index >= 15 is 0 Å². The van der Waals surface area contributed by atoms with Crippen molar-refractivity contribution in [1.82, 2.24) is 10.1 Å². The Labute approximate surface area is 108 Å². The van der Waals surface area contributed by atoms with E-state index in [2.05, 4.69) is 30.8 Å². The van der Waals surface area contributed by atoms with Crippen molar-refractivity contribution in [3.8, 4) is 17.2 Å². The standard InChI is InChI=1S/C10H6BrF3N2O2/c1-5-15-9(18-16-5)7-4-6(11)2-3-8(7)17-10(12,13)14/h2-4H,1H3. The summed E-state index contributed by atoms with van der Waals surface area (Å²) in [6, 6.07) is 4.01. The van der Waals surface area contributed by atoms with Gasteiger partial charge in [-0.15, -0.1) is 13.2 Å². The van der Waals surface area contributed by atoms with Gasteiger partial charge in [-0.3, -0.25) is 0 Å². The number of nitrogens with zero attached hydrogens (tertiary/aromatic N) is 2. The maximum Gasteiger partial charge on any atom is 0.573 e. The molecule has 1 heterocycles. The Kier molecular flexibility index (Phi) is 3.29. The molecule has 2 aromatic rings. The molecule has 0 amide bonds. The van der Waals surface area contributed by atoms with Crippen molar-refractivity contribution in [1.29, 1.82) is 0 Å². The molecule has 0 unspecified atom stereocenters. The van der Waals surface area contributed by atoms with Crippen molar-refractivity contribution in [2.75, 3.05) is 0 Å². The van der Waals surface area contributed by atoms with Gasteiger partial charge in [0.2, 0.25) is 0 Å². The highest BCUT2D eigenvalue weighted by Crippen LogP contribution is 2.34. The Morgan fingerprint density at radius 3 is 2.61 bits per heavy atom. The normalized spacial score (nSPS) is 11.6. The molecule has 0 N–H and O–H groups in total. The van der Waals surface area contributed by atoms with Crippen LogP contribution in [0.25, 0.3) is 11.5 Å². The van der Waals surface area contributed by atoms with Crippen LogP contribution in [0.2, 0.25) is 0 Å². The summed E-state index contributed by atoms with van der Waals surface area (Å²) >= 11 is 3.15. The molecular weight excluding hydrogens is 317 g/mol. The first-order valence-corrected chi connectivity index (χ1v) is 5.50. The zero-order valence-electron chi connectivity index (χ0n) is 8.95. The molecule has 0 spiro atoms. The largest absolute Gasteiger partial charge is 0.573 e. The third-order valence-corrected chi connectivity index (χ3v) is 2.42. The summed E-state index contributed by atoms with van der Waals surface area (Å²) in [6.07, 6.45) is -4.78. The predicted octanol–water partition coefficient (Wildman–Crippen LogP) is 3.71. The summed E-state index contributed by atoms with van der Waals surface area (Å²) in [5, 5.41) is 3.52. The number of ether oxygens (including phenoxy) is 1. The number of hydrogen-bond donors (Lipinski definition) is 0. The molecule has 18 heavy (non-hydrogen) atoms. The van der Waals surface area contributed by atoms with Gasteiger partial charge in [-0.05, 0) is 25.1 Å². The lowest BCUT2D eigenvalue weighted by Gasteiger charge is -2.11. The zero-order chi connectivity index (χ0) is 13.3. The lowest BCUT2D eigenvalue weighted by atomic mass is 10.2. The molecule has 8 heteroatoms. The van der Waals surface area contributed by atoms with E-state index in [1.807, 2.05) is 0 Å². The van der Waals surface area contributed by atoms with Crippen LogP contribution in [0.4, 0.5) is 13.2 Å². The molecule has 0 aliphatic carbocycles. The molecule has 0 radical (unpaired) electrons. The number of aromatic nitrogens is 2. The van der Waals surface area contributed by atoms with E-state index in [-0.39, 0.29) is 11.5 Å². The molecular formula is C10H6BrF3N2O2. The topological polar surface area (TPSA) is 48.2 Å². The van der Waals surface area contributed by atoms with E-state index in [1.54, 1.807) is 6.92 Å². The van der Waals surface area contributed by atoms with Gasteiger partial charge in [-0.25, -0.2) is 0 Å². The van der Waals surface area contributed by atoms with Gasteiger partial charge in [0.25, 0.3) is 5.89 Å². The molecule has 0 saturated heterocycles. The molecule has 1 aromatic carbocycles. The summed E-state index contributed by atoms with van der Waals surface area (Å²) in [5.74, 6) is -0.106.